The van der Waals surface area contributed by atoms with Crippen molar-refractivity contribution in [3.8, 4) is 0 Å². The lowest BCUT2D eigenvalue weighted by Crippen LogP contribution is -2.51. The number of rotatable bonds is 7. The van der Waals surface area contributed by atoms with Crippen LogP contribution in [0, 0.1) is 0 Å². The van der Waals surface area contributed by atoms with E-state index >= 15 is 0 Å². The van der Waals surface area contributed by atoms with Gasteiger partial charge in [0.05, 0.1) is 11.9 Å². The Hall–Kier alpha value is -0.260. The van der Waals surface area contributed by atoms with Gasteiger partial charge in [-0.2, -0.15) is 0 Å². The van der Waals surface area contributed by atoms with Crippen molar-refractivity contribution in [2.45, 2.75) is 31.9 Å². The fourth-order valence-corrected chi connectivity index (χ4v) is 3.17. The van der Waals surface area contributed by atoms with Crippen LogP contribution in [0.25, 0.3) is 0 Å². The van der Waals surface area contributed by atoms with Crippen LogP contribution < -0.4 is 0 Å². The predicted molar refractivity (Wildman–Crippen MR) is 76.9 cm³/mol. The molecule has 0 aromatic carbocycles. The number of unbranched alkanes of at least 4 members (excludes halogenated alkanes) is 1. The van der Waals surface area contributed by atoms with Gasteiger partial charge in [-0.3, -0.25) is 9.69 Å². The van der Waals surface area contributed by atoms with Crippen LogP contribution in [0.4, 0.5) is 0 Å². The molecule has 106 valence electrons. The SMILES string of the molecule is CCCCSC(C)C(=O)N1CCN(CCO)CC1. The first kappa shape index (κ1) is 15.8. The van der Waals surface area contributed by atoms with Crippen molar-refractivity contribution < 1.29 is 9.90 Å². The summed E-state index contributed by atoms with van der Waals surface area (Å²) < 4.78 is 0. The maximum Gasteiger partial charge on any atom is 0.235 e. The number of aliphatic hydroxyl groups excluding tert-OH is 1. The van der Waals surface area contributed by atoms with Gasteiger partial charge < -0.3 is 10.0 Å². The fourth-order valence-electron chi connectivity index (χ4n) is 2.07. The van der Waals surface area contributed by atoms with Gasteiger partial charge in [0.25, 0.3) is 0 Å². The van der Waals surface area contributed by atoms with Crippen LogP contribution in [0.2, 0.25) is 0 Å². The van der Waals surface area contributed by atoms with E-state index in [0.717, 1.165) is 38.5 Å². The second kappa shape index (κ2) is 8.77. The maximum absolute atomic E-state index is 12.2. The first-order valence-electron chi connectivity index (χ1n) is 6.92. The molecular formula is C13H26N2O2S. The Balaban J connectivity index is 2.26. The summed E-state index contributed by atoms with van der Waals surface area (Å²) in [5, 5.41) is 8.96. The van der Waals surface area contributed by atoms with Gasteiger partial charge in [-0.15, -0.1) is 11.8 Å². The smallest absolute Gasteiger partial charge is 0.235 e. The van der Waals surface area contributed by atoms with E-state index < -0.39 is 0 Å². The number of carbonyl (C=O) groups excluding carboxylic acids is 1. The van der Waals surface area contributed by atoms with Crippen molar-refractivity contribution in [1.29, 1.82) is 0 Å². The third-order valence-electron chi connectivity index (χ3n) is 3.31. The van der Waals surface area contributed by atoms with Crippen molar-refractivity contribution in [2.75, 3.05) is 45.1 Å². The van der Waals surface area contributed by atoms with Gasteiger partial charge in [-0.25, -0.2) is 0 Å². The standard InChI is InChI=1S/C13H26N2O2S/c1-3-4-11-18-12(2)13(17)15-7-5-14(6-8-15)9-10-16/h12,16H,3-11H2,1-2H3. The number of amides is 1. The first-order chi connectivity index (χ1) is 8.69. The van der Waals surface area contributed by atoms with Crippen molar-refractivity contribution in [1.82, 2.24) is 9.80 Å². The molecule has 1 fully saturated rings. The van der Waals surface area contributed by atoms with Crippen LogP contribution in [0.5, 0.6) is 0 Å². The number of aliphatic hydroxyl groups is 1. The van der Waals surface area contributed by atoms with E-state index in [1.807, 2.05) is 11.8 Å². The fraction of sp³-hybridized carbons (Fsp3) is 0.923. The largest absolute Gasteiger partial charge is 0.395 e. The average molecular weight is 274 g/mol. The Morgan fingerprint density at radius 3 is 2.56 bits per heavy atom. The third kappa shape index (κ3) is 5.16. The highest BCUT2D eigenvalue weighted by Crippen LogP contribution is 2.16. The van der Waals surface area contributed by atoms with Crippen molar-refractivity contribution in [3.05, 3.63) is 0 Å². The number of hydrogen-bond acceptors (Lipinski definition) is 4. The molecule has 1 N–H and O–H groups in total. The quantitative estimate of drug-likeness (QED) is 0.705. The molecular weight excluding hydrogens is 248 g/mol. The van der Waals surface area contributed by atoms with Crippen molar-refractivity contribution >= 4 is 17.7 Å². The highest BCUT2D eigenvalue weighted by atomic mass is 32.2. The number of nitrogens with zero attached hydrogens (tertiary/aromatic N) is 2. The van der Waals surface area contributed by atoms with E-state index in [-0.39, 0.29) is 17.8 Å². The minimum atomic E-state index is 0.0842. The Kier molecular flexibility index (Phi) is 7.70. The molecule has 0 radical (unpaired) electrons. The first-order valence-corrected chi connectivity index (χ1v) is 7.97. The second-order valence-corrected chi connectivity index (χ2v) is 6.21. The number of thioether (sulfide) groups is 1. The van der Waals surface area contributed by atoms with Gasteiger partial charge in [0.1, 0.15) is 0 Å². The lowest BCUT2D eigenvalue weighted by atomic mass is 10.3. The van der Waals surface area contributed by atoms with Gasteiger partial charge in [0.15, 0.2) is 0 Å². The molecule has 1 atom stereocenters. The molecule has 1 amide bonds. The van der Waals surface area contributed by atoms with Crippen LogP contribution in [0.15, 0.2) is 0 Å². The zero-order valence-corrected chi connectivity index (χ0v) is 12.4. The Labute approximate surface area is 115 Å². The number of β-amino-alcohol motifs (C(OH)–C–C–N with tert-alkyl or cyclic N) is 1. The molecule has 5 heteroatoms. The molecule has 0 aromatic rings. The summed E-state index contributed by atoms with van der Waals surface area (Å²) in [5.74, 6) is 1.35. The molecule has 1 heterocycles. The van der Waals surface area contributed by atoms with E-state index in [1.54, 1.807) is 11.8 Å². The summed E-state index contributed by atoms with van der Waals surface area (Å²) in [7, 11) is 0. The molecule has 0 aromatic heterocycles. The molecule has 18 heavy (non-hydrogen) atoms. The highest BCUT2D eigenvalue weighted by Gasteiger charge is 2.24. The van der Waals surface area contributed by atoms with Crippen LogP contribution in [-0.2, 0) is 4.79 Å². The van der Waals surface area contributed by atoms with Gasteiger partial charge in [0.2, 0.25) is 5.91 Å². The van der Waals surface area contributed by atoms with Crippen LogP contribution in [0.1, 0.15) is 26.7 Å². The third-order valence-corrected chi connectivity index (χ3v) is 4.54. The zero-order valence-electron chi connectivity index (χ0n) is 11.6. The minimum absolute atomic E-state index is 0.0842. The monoisotopic (exact) mass is 274 g/mol. The van der Waals surface area contributed by atoms with Crippen LogP contribution in [-0.4, -0.2) is 71.1 Å². The predicted octanol–water partition coefficient (Wildman–Crippen LogP) is 1.04. The van der Waals surface area contributed by atoms with E-state index in [2.05, 4.69) is 11.8 Å². The molecule has 1 rings (SSSR count). The van der Waals surface area contributed by atoms with E-state index in [0.29, 0.717) is 0 Å². The second-order valence-electron chi connectivity index (χ2n) is 4.76. The van der Waals surface area contributed by atoms with Crippen molar-refractivity contribution in [2.24, 2.45) is 0 Å². The van der Waals surface area contributed by atoms with Gasteiger partial charge in [0, 0.05) is 32.7 Å². The van der Waals surface area contributed by atoms with Gasteiger partial charge in [-0.1, -0.05) is 13.3 Å². The molecule has 0 spiro atoms. The molecule has 0 saturated carbocycles. The normalized spacial score (nSPS) is 18.9. The summed E-state index contributed by atoms with van der Waals surface area (Å²) >= 11 is 1.77. The average Bonchev–Trinajstić information content (AvgIpc) is 2.39. The Bertz CT molecular complexity index is 243. The Morgan fingerprint density at radius 2 is 2.00 bits per heavy atom. The van der Waals surface area contributed by atoms with Crippen molar-refractivity contribution in [3.63, 3.8) is 0 Å². The molecule has 0 bridgehead atoms. The van der Waals surface area contributed by atoms with Crippen LogP contribution in [0.3, 0.4) is 0 Å². The summed E-state index contributed by atoms with van der Waals surface area (Å²) in [6.45, 7) is 8.50. The highest BCUT2D eigenvalue weighted by molar-refractivity contribution is 8.00. The number of piperazine rings is 1. The summed E-state index contributed by atoms with van der Waals surface area (Å²) in [5.41, 5.74) is 0. The number of carbonyl (C=O) groups is 1. The topological polar surface area (TPSA) is 43.8 Å². The van der Waals surface area contributed by atoms with Gasteiger partial charge >= 0.3 is 0 Å². The summed E-state index contributed by atoms with van der Waals surface area (Å²) in [6, 6.07) is 0. The van der Waals surface area contributed by atoms with Crippen LogP contribution >= 0.6 is 11.8 Å². The van der Waals surface area contributed by atoms with E-state index in [9.17, 15) is 4.79 Å². The van der Waals surface area contributed by atoms with E-state index in [1.165, 1.54) is 12.8 Å². The summed E-state index contributed by atoms with van der Waals surface area (Å²) in [4.78, 5) is 16.4. The lowest BCUT2D eigenvalue weighted by molar-refractivity contribution is -0.132. The molecule has 1 aliphatic heterocycles. The van der Waals surface area contributed by atoms with E-state index in [4.69, 9.17) is 5.11 Å². The Morgan fingerprint density at radius 1 is 1.33 bits per heavy atom. The molecule has 1 saturated heterocycles. The zero-order chi connectivity index (χ0) is 13.4. The molecule has 1 aliphatic rings. The number of hydrogen-bond donors (Lipinski definition) is 1. The molecule has 4 nitrogen and oxygen atoms in total. The van der Waals surface area contributed by atoms with Gasteiger partial charge in [-0.05, 0) is 19.1 Å². The summed E-state index contributed by atoms with van der Waals surface area (Å²) in [6.07, 6.45) is 2.38. The lowest BCUT2D eigenvalue weighted by Gasteiger charge is -2.35. The molecule has 1 unspecified atom stereocenters. The maximum atomic E-state index is 12.2. The molecule has 0 aliphatic carbocycles. The minimum Gasteiger partial charge on any atom is -0.395 e.